The SMILES string of the molecule is C/C=C/CC/C=C/CC/C=C/C(O)C(COP(=O)(O)OC1C(O)C(O)C(O)C(O)C1O)NC(=O)CC(O)CCCCCC/C=C\C=C/CCCCC. The molecule has 8 atom stereocenters. The third kappa shape index (κ3) is 21.0. The average molecular weight is 760 g/mol. The van der Waals surface area contributed by atoms with E-state index in [1.54, 1.807) is 6.08 Å². The van der Waals surface area contributed by atoms with Gasteiger partial charge in [-0.3, -0.25) is 13.8 Å². The van der Waals surface area contributed by atoms with E-state index in [9.17, 15) is 50.0 Å². The number of aliphatic hydroxyl groups is 7. The number of nitrogens with one attached hydrogen (secondary N) is 1. The van der Waals surface area contributed by atoms with E-state index in [2.05, 4.69) is 48.7 Å². The zero-order chi connectivity index (χ0) is 38.8. The average Bonchev–Trinajstić information content (AvgIpc) is 3.11. The van der Waals surface area contributed by atoms with Crippen molar-refractivity contribution >= 4 is 13.7 Å². The van der Waals surface area contributed by atoms with Crippen LogP contribution in [0.4, 0.5) is 0 Å². The van der Waals surface area contributed by atoms with E-state index >= 15 is 0 Å². The van der Waals surface area contributed by atoms with Gasteiger partial charge in [-0.25, -0.2) is 4.57 Å². The molecule has 1 aliphatic rings. The van der Waals surface area contributed by atoms with E-state index in [1.165, 1.54) is 25.3 Å². The largest absolute Gasteiger partial charge is 0.472 e. The molecule has 0 aromatic carbocycles. The fraction of sp³-hybridized carbons (Fsp3) is 0.711. The minimum Gasteiger partial charge on any atom is -0.393 e. The van der Waals surface area contributed by atoms with Crippen LogP contribution >= 0.6 is 7.82 Å². The van der Waals surface area contributed by atoms with Crippen LogP contribution in [0.25, 0.3) is 0 Å². The highest BCUT2D eigenvalue weighted by Crippen LogP contribution is 2.47. The van der Waals surface area contributed by atoms with Crippen molar-refractivity contribution in [2.75, 3.05) is 6.61 Å². The quantitative estimate of drug-likeness (QED) is 0.0237. The molecule has 0 aromatic rings. The first-order valence-electron chi connectivity index (χ1n) is 18.8. The summed E-state index contributed by atoms with van der Waals surface area (Å²) in [4.78, 5) is 23.2. The highest BCUT2D eigenvalue weighted by atomic mass is 31.2. The Morgan fingerprint density at radius 2 is 1.27 bits per heavy atom. The molecule has 0 bridgehead atoms. The van der Waals surface area contributed by atoms with Crippen LogP contribution in [0.3, 0.4) is 0 Å². The fourth-order valence-corrected chi connectivity index (χ4v) is 6.47. The number of phosphoric acid groups is 1. The minimum atomic E-state index is -5.14. The first-order valence-corrected chi connectivity index (χ1v) is 20.3. The molecule has 52 heavy (non-hydrogen) atoms. The Labute approximate surface area is 310 Å². The minimum absolute atomic E-state index is 0.274. The lowest BCUT2D eigenvalue weighted by molar-refractivity contribution is -0.220. The van der Waals surface area contributed by atoms with E-state index in [1.807, 2.05) is 19.1 Å². The molecule has 1 rings (SSSR count). The molecule has 8 unspecified atom stereocenters. The number of hydrogen-bond donors (Lipinski definition) is 9. The van der Waals surface area contributed by atoms with Gasteiger partial charge < -0.3 is 46.0 Å². The van der Waals surface area contributed by atoms with Gasteiger partial charge in [0.05, 0.1) is 31.3 Å². The third-order valence-electron chi connectivity index (χ3n) is 8.68. The lowest BCUT2D eigenvalue weighted by Crippen LogP contribution is -2.64. The molecule has 0 aromatic heterocycles. The summed E-state index contributed by atoms with van der Waals surface area (Å²) in [6.45, 7) is 3.39. The standard InChI is InChI=1S/C38H66NO12P/c1-3-5-7-9-11-13-14-15-16-18-19-21-23-25-29(40)27-32(42)39-30(31(41)26-24-22-20-17-12-10-8-6-4-2)28-50-52(48,49)51-38-36(46)34(44)33(43)35(45)37(38)47/h4,6,11-15,17,24,26,29-31,33-38,40-41,43-47H,3,5,7-10,16,18-23,25,27-28H2,1-2H3,(H,39,42)(H,48,49)/b6-4+,13-11-,15-14-,17-12+,26-24+. The van der Waals surface area contributed by atoms with Gasteiger partial charge in [0.25, 0.3) is 0 Å². The zero-order valence-electron chi connectivity index (χ0n) is 30.9. The number of hydrogen-bond acceptors (Lipinski definition) is 11. The van der Waals surface area contributed by atoms with Crippen LogP contribution in [0.2, 0.25) is 0 Å². The number of phosphoric ester groups is 1. The summed E-state index contributed by atoms with van der Waals surface area (Å²) in [7, 11) is -5.14. The van der Waals surface area contributed by atoms with Crippen LogP contribution in [0, 0.1) is 0 Å². The van der Waals surface area contributed by atoms with Gasteiger partial charge in [0, 0.05) is 0 Å². The Bertz CT molecular complexity index is 1130. The summed E-state index contributed by atoms with van der Waals surface area (Å²) in [6, 6.07) is -1.27. The Morgan fingerprint density at radius 1 is 0.731 bits per heavy atom. The van der Waals surface area contributed by atoms with Gasteiger partial charge in [-0.2, -0.15) is 0 Å². The molecule has 0 saturated heterocycles. The molecule has 1 fully saturated rings. The van der Waals surface area contributed by atoms with Gasteiger partial charge >= 0.3 is 7.82 Å². The maximum absolute atomic E-state index is 12.9. The number of unbranched alkanes of at least 4 members (excludes halogenated alkanes) is 9. The summed E-state index contributed by atoms with van der Waals surface area (Å²) in [5, 5.41) is 73.8. The van der Waals surface area contributed by atoms with Crippen molar-refractivity contribution in [1.29, 1.82) is 0 Å². The van der Waals surface area contributed by atoms with E-state index in [0.29, 0.717) is 19.3 Å². The first-order chi connectivity index (χ1) is 24.8. The molecule has 1 saturated carbocycles. The molecule has 9 N–H and O–H groups in total. The van der Waals surface area contributed by atoms with Crippen molar-refractivity contribution in [3.8, 4) is 0 Å². The Kier molecular flexibility index (Phi) is 26.3. The monoisotopic (exact) mass is 759 g/mol. The third-order valence-corrected chi connectivity index (χ3v) is 9.66. The Hall–Kier alpha value is -2.00. The maximum atomic E-state index is 12.9. The fourth-order valence-electron chi connectivity index (χ4n) is 5.50. The van der Waals surface area contributed by atoms with Gasteiger partial charge in [0.2, 0.25) is 5.91 Å². The normalized spacial score (nSPS) is 25.8. The molecule has 14 heteroatoms. The van der Waals surface area contributed by atoms with Crippen LogP contribution in [0.5, 0.6) is 0 Å². The maximum Gasteiger partial charge on any atom is 0.472 e. The van der Waals surface area contributed by atoms with Gasteiger partial charge in [0.1, 0.15) is 36.6 Å². The van der Waals surface area contributed by atoms with Crippen LogP contribution in [-0.2, 0) is 18.4 Å². The van der Waals surface area contributed by atoms with Crippen LogP contribution in [0.15, 0.2) is 60.8 Å². The molecule has 0 aliphatic heterocycles. The molecule has 13 nitrogen and oxygen atoms in total. The number of aliphatic hydroxyl groups excluding tert-OH is 7. The number of amides is 1. The van der Waals surface area contributed by atoms with Crippen molar-refractivity contribution in [2.45, 2.75) is 165 Å². The summed E-state index contributed by atoms with van der Waals surface area (Å²) < 4.78 is 22.6. The van der Waals surface area contributed by atoms with Crippen LogP contribution in [-0.4, -0.2) is 108 Å². The molecule has 300 valence electrons. The van der Waals surface area contributed by atoms with Gasteiger partial charge in [-0.15, -0.1) is 0 Å². The van der Waals surface area contributed by atoms with Gasteiger partial charge in [-0.1, -0.05) is 99.8 Å². The van der Waals surface area contributed by atoms with Crippen molar-refractivity contribution in [2.24, 2.45) is 0 Å². The van der Waals surface area contributed by atoms with Gasteiger partial charge in [-0.05, 0) is 64.7 Å². The van der Waals surface area contributed by atoms with Crippen molar-refractivity contribution in [1.82, 2.24) is 5.32 Å². The highest BCUT2D eigenvalue weighted by molar-refractivity contribution is 7.47. The molecule has 1 aliphatic carbocycles. The number of carbonyl (C=O) groups is 1. The van der Waals surface area contributed by atoms with Crippen LogP contribution in [0.1, 0.15) is 110 Å². The molecule has 1 amide bonds. The van der Waals surface area contributed by atoms with Crippen molar-refractivity contribution < 1.29 is 59.0 Å². The summed E-state index contributed by atoms with van der Waals surface area (Å²) in [5.41, 5.74) is 0. The predicted octanol–water partition coefficient (Wildman–Crippen LogP) is 4.19. The van der Waals surface area contributed by atoms with E-state index in [-0.39, 0.29) is 6.42 Å². The summed E-state index contributed by atoms with van der Waals surface area (Å²) in [6.07, 6.45) is 18.0. The highest BCUT2D eigenvalue weighted by Gasteiger charge is 2.51. The predicted molar refractivity (Wildman–Crippen MR) is 201 cm³/mol. The first kappa shape index (κ1) is 48.0. The topological polar surface area (TPSA) is 226 Å². The van der Waals surface area contributed by atoms with Crippen LogP contribution < -0.4 is 5.32 Å². The smallest absolute Gasteiger partial charge is 0.393 e. The van der Waals surface area contributed by atoms with Crippen molar-refractivity contribution in [3.05, 3.63) is 60.8 Å². The van der Waals surface area contributed by atoms with Gasteiger partial charge in [0.15, 0.2) is 0 Å². The second-order valence-electron chi connectivity index (χ2n) is 13.3. The second kappa shape index (κ2) is 28.4. The second-order valence-corrected chi connectivity index (χ2v) is 14.7. The van der Waals surface area contributed by atoms with E-state index < -0.39 is 75.2 Å². The van der Waals surface area contributed by atoms with Crippen molar-refractivity contribution in [3.63, 3.8) is 0 Å². The Morgan fingerprint density at radius 3 is 1.87 bits per heavy atom. The van der Waals surface area contributed by atoms with E-state index in [4.69, 9.17) is 9.05 Å². The molecular formula is C38H66NO12P. The van der Waals surface area contributed by atoms with E-state index in [0.717, 1.165) is 51.4 Å². The Balaban J connectivity index is 2.68. The molecular weight excluding hydrogens is 693 g/mol. The molecule has 0 heterocycles. The molecule has 0 radical (unpaired) electrons. The number of allylic oxidation sites excluding steroid dienone is 9. The summed E-state index contributed by atoms with van der Waals surface area (Å²) >= 11 is 0. The summed E-state index contributed by atoms with van der Waals surface area (Å²) in [5.74, 6) is -0.627. The molecule has 0 spiro atoms. The lowest BCUT2D eigenvalue weighted by atomic mass is 9.85. The lowest BCUT2D eigenvalue weighted by Gasteiger charge is -2.41. The number of rotatable bonds is 28. The number of carbonyl (C=O) groups excluding carboxylic acids is 1. The zero-order valence-corrected chi connectivity index (χ0v) is 31.8.